The third kappa shape index (κ3) is 11.6. The number of hydrogen-bond acceptors (Lipinski definition) is 6. The van der Waals surface area contributed by atoms with Crippen molar-refractivity contribution in [2.45, 2.75) is 90.6 Å². The first-order valence-electron chi connectivity index (χ1n) is 15.2. The molecule has 0 fully saturated rings. The lowest BCUT2D eigenvalue weighted by Crippen LogP contribution is -2.37. The van der Waals surface area contributed by atoms with Crippen LogP contribution in [0.15, 0.2) is 36.4 Å². The molecule has 0 aliphatic carbocycles. The van der Waals surface area contributed by atoms with Crippen molar-refractivity contribution in [1.29, 1.82) is 0 Å². The van der Waals surface area contributed by atoms with Crippen LogP contribution in [-0.2, 0) is 9.53 Å². The minimum atomic E-state index is -0.524. The van der Waals surface area contributed by atoms with Gasteiger partial charge in [0, 0.05) is 41.9 Å². The number of anilines is 1. The molecule has 8 nitrogen and oxygen atoms in total. The first-order valence-corrected chi connectivity index (χ1v) is 15.6. The van der Waals surface area contributed by atoms with Crippen LogP contribution in [0.1, 0.15) is 85.0 Å². The van der Waals surface area contributed by atoms with Gasteiger partial charge in [0.25, 0.3) is 0 Å². The Kier molecular flexibility index (Phi) is 13.5. The second-order valence-corrected chi connectivity index (χ2v) is 12.1. The van der Waals surface area contributed by atoms with Crippen molar-refractivity contribution < 1.29 is 19.1 Å². The minimum absolute atomic E-state index is 0.0327. The van der Waals surface area contributed by atoms with Crippen molar-refractivity contribution in [3.05, 3.63) is 41.4 Å². The fourth-order valence-corrected chi connectivity index (χ4v) is 5.01. The fourth-order valence-electron chi connectivity index (χ4n) is 4.84. The maximum atomic E-state index is 12.0. The van der Waals surface area contributed by atoms with Crippen LogP contribution >= 0.6 is 11.6 Å². The highest BCUT2D eigenvalue weighted by Crippen LogP contribution is 2.34. The molecule has 1 aromatic heterocycles. The van der Waals surface area contributed by atoms with Gasteiger partial charge in [0.1, 0.15) is 11.4 Å². The molecule has 42 heavy (non-hydrogen) atoms. The molecular weight excluding hydrogens is 552 g/mol. The number of aromatic nitrogens is 1. The normalized spacial score (nSPS) is 11.5. The number of halogens is 1. The number of hydrogen-bond donors (Lipinski definition) is 3. The smallest absolute Gasteiger partial charge is 0.407 e. The maximum absolute atomic E-state index is 12.0. The van der Waals surface area contributed by atoms with Crippen molar-refractivity contribution in [3.63, 3.8) is 0 Å². The Morgan fingerprint density at radius 2 is 1.45 bits per heavy atom. The summed E-state index contributed by atoms with van der Waals surface area (Å²) in [6, 6.07) is 11.8. The van der Waals surface area contributed by atoms with Crippen LogP contribution in [0.3, 0.4) is 0 Å². The molecular formula is C33H47ClN4O4. The Bertz CT molecular complexity index is 1310. The monoisotopic (exact) mass is 598 g/mol. The van der Waals surface area contributed by atoms with E-state index in [2.05, 4.69) is 16.0 Å². The molecule has 2 amide bonds. The van der Waals surface area contributed by atoms with Gasteiger partial charge in [-0.2, -0.15) is 0 Å². The summed E-state index contributed by atoms with van der Waals surface area (Å²) in [5.41, 5.74) is 2.36. The number of pyridine rings is 1. The highest BCUT2D eigenvalue weighted by Gasteiger charge is 2.15. The van der Waals surface area contributed by atoms with E-state index in [1.165, 1.54) is 32.1 Å². The number of benzene rings is 2. The van der Waals surface area contributed by atoms with Gasteiger partial charge in [0.15, 0.2) is 0 Å². The number of fused-ring (bicyclic) bond motifs is 2. The lowest BCUT2D eigenvalue weighted by Gasteiger charge is -2.19. The lowest BCUT2D eigenvalue weighted by atomic mass is 10.1. The minimum Gasteiger partial charge on any atom is -0.497 e. The average Bonchev–Trinajstić information content (AvgIpc) is 2.94. The summed E-state index contributed by atoms with van der Waals surface area (Å²) < 4.78 is 10.6. The number of nitrogens with one attached hydrogen (secondary N) is 3. The van der Waals surface area contributed by atoms with E-state index in [1.807, 2.05) is 57.2 Å². The molecule has 3 aromatic rings. The molecule has 3 rings (SSSR count). The Balaban J connectivity index is 1.24. The SMILES string of the molecule is COc1ccc2nc3cc(Cl)ccc3c(NCCCCCCCCCCCC(=O)NCCNC(=O)OC(C)(C)C)c2c1. The number of alkyl carbamates (subject to hydrolysis) is 1. The number of carbonyl (C=O) groups excluding carboxylic acids is 2. The summed E-state index contributed by atoms with van der Waals surface area (Å²) in [5.74, 6) is 0.846. The van der Waals surface area contributed by atoms with E-state index < -0.39 is 11.7 Å². The summed E-state index contributed by atoms with van der Waals surface area (Å²) in [5, 5.41) is 12.0. The second-order valence-electron chi connectivity index (χ2n) is 11.7. The molecule has 0 saturated heterocycles. The van der Waals surface area contributed by atoms with Crippen molar-refractivity contribution in [1.82, 2.24) is 15.6 Å². The number of rotatable bonds is 17. The standard InChI is InChI=1S/C33H47ClN4O4/c1-33(2,3)42-32(40)37-21-20-35-30(39)14-12-10-8-6-5-7-9-11-13-19-36-31-26-17-15-24(34)22-29(26)38-28-18-16-25(41-4)23-27(28)31/h15-18,22-23H,5-14,19-21H2,1-4H3,(H,35,39)(H,36,38)(H,37,40). The Labute approximate surface area is 255 Å². The molecule has 2 aromatic carbocycles. The highest BCUT2D eigenvalue weighted by molar-refractivity contribution is 6.31. The zero-order valence-corrected chi connectivity index (χ0v) is 26.4. The average molecular weight is 599 g/mol. The van der Waals surface area contributed by atoms with Crippen LogP contribution in [0.4, 0.5) is 10.5 Å². The van der Waals surface area contributed by atoms with Gasteiger partial charge in [0.2, 0.25) is 5.91 Å². The molecule has 0 atom stereocenters. The molecule has 0 saturated carbocycles. The van der Waals surface area contributed by atoms with Gasteiger partial charge < -0.3 is 25.4 Å². The zero-order chi connectivity index (χ0) is 30.4. The van der Waals surface area contributed by atoms with Crippen LogP contribution in [0.5, 0.6) is 5.75 Å². The number of unbranched alkanes of at least 4 members (excludes halogenated alkanes) is 8. The van der Waals surface area contributed by atoms with Gasteiger partial charge in [0.05, 0.1) is 23.8 Å². The van der Waals surface area contributed by atoms with Gasteiger partial charge in [-0.25, -0.2) is 9.78 Å². The number of ether oxygens (including phenoxy) is 2. The van der Waals surface area contributed by atoms with Crippen molar-refractivity contribution in [3.8, 4) is 5.75 Å². The van der Waals surface area contributed by atoms with E-state index in [0.717, 1.165) is 65.5 Å². The molecule has 0 spiro atoms. The van der Waals surface area contributed by atoms with Gasteiger partial charge in [-0.15, -0.1) is 0 Å². The topological polar surface area (TPSA) is 102 Å². The molecule has 0 radical (unpaired) electrons. The van der Waals surface area contributed by atoms with E-state index in [0.29, 0.717) is 24.5 Å². The molecule has 0 unspecified atom stereocenters. The molecule has 9 heteroatoms. The van der Waals surface area contributed by atoms with Gasteiger partial charge >= 0.3 is 6.09 Å². The third-order valence-electron chi connectivity index (χ3n) is 6.94. The van der Waals surface area contributed by atoms with E-state index in [1.54, 1.807) is 7.11 Å². The predicted molar refractivity (Wildman–Crippen MR) is 173 cm³/mol. The van der Waals surface area contributed by atoms with E-state index in [-0.39, 0.29) is 5.91 Å². The molecule has 0 aliphatic rings. The zero-order valence-electron chi connectivity index (χ0n) is 25.6. The number of carbonyl (C=O) groups is 2. The molecule has 3 N–H and O–H groups in total. The first-order chi connectivity index (χ1) is 20.2. The molecule has 1 heterocycles. The Morgan fingerprint density at radius 1 is 0.786 bits per heavy atom. The molecule has 0 bridgehead atoms. The van der Waals surface area contributed by atoms with Crippen molar-refractivity contribution in [2.75, 3.05) is 32.1 Å². The first kappa shape index (κ1) is 33.2. The quantitative estimate of drug-likeness (QED) is 0.107. The highest BCUT2D eigenvalue weighted by atomic mass is 35.5. The van der Waals surface area contributed by atoms with Gasteiger partial charge in [-0.1, -0.05) is 56.5 Å². The maximum Gasteiger partial charge on any atom is 0.407 e. The van der Waals surface area contributed by atoms with Crippen LogP contribution in [-0.4, -0.2) is 49.3 Å². The lowest BCUT2D eigenvalue weighted by molar-refractivity contribution is -0.121. The molecule has 230 valence electrons. The molecule has 0 aliphatic heterocycles. The number of methoxy groups -OCH3 is 1. The third-order valence-corrected chi connectivity index (χ3v) is 7.18. The van der Waals surface area contributed by atoms with Gasteiger partial charge in [-0.3, -0.25) is 4.79 Å². The summed E-state index contributed by atoms with van der Waals surface area (Å²) in [6.45, 7) is 7.12. The van der Waals surface area contributed by atoms with Crippen LogP contribution in [0, 0.1) is 0 Å². The largest absolute Gasteiger partial charge is 0.497 e. The van der Waals surface area contributed by atoms with Crippen LogP contribution in [0.2, 0.25) is 5.02 Å². The number of nitrogens with zero attached hydrogens (tertiary/aromatic N) is 1. The van der Waals surface area contributed by atoms with E-state index >= 15 is 0 Å². The summed E-state index contributed by atoms with van der Waals surface area (Å²) >= 11 is 6.24. The predicted octanol–water partition coefficient (Wildman–Crippen LogP) is 8.00. The van der Waals surface area contributed by atoms with E-state index in [9.17, 15) is 9.59 Å². The fraction of sp³-hybridized carbons (Fsp3) is 0.545. The Hall–Kier alpha value is -3.26. The van der Waals surface area contributed by atoms with Gasteiger partial charge in [-0.05, 0) is 70.0 Å². The van der Waals surface area contributed by atoms with Crippen LogP contribution < -0.4 is 20.7 Å². The van der Waals surface area contributed by atoms with Crippen molar-refractivity contribution in [2.24, 2.45) is 0 Å². The second kappa shape index (κ2) is 17.0. The summed E-state index contributed by atoms with van der Waals surface area (Å²) in [6.07, 6.45) is 10.4. The van der Waals surface area contributed by atoms with E-state index in [4.69, 9.17) is 26.1 Å². The summed E-state index contributed by atoms with van der Waals surface area (Å²) in [4.78, 5) is 28.4. The number of amides is 2. The van der Waals surface area contributed by atoms with Crippen molar-refractivity contribution >= 4 is 51.1 Å². The van der Waals surface area contributed by atoms with Crippen LogP contribution in [0.25, 0.3) is 21.8 Å². The Morgan fingerprint density at radius 3 is 2.14 bits per heavy atom. The summed E-state index contributed by atoms with van der Waals surface area (Å²) in [7, 11) is 1.68.